The smallest absolute Gasteiger partial charge is 0.0546 e. The molecule has 1 aliphatic heterocycles. The fourth-order valence-corrected chi connectivity index (χ4v) is 2.83. The number of nitrogens with zero attached hydrogens (tertiary/aromatic N) is 1. The topological polar surface area (TPSA) is 35.5 Å². The molecule has 0 aromatic heterocycles. The fraction of sp³-hybridized carbons (Fsp3) is 1.00. The molecule has 2 fully saturated rings. The maximum atomic E-state index is 9.21. The Hall–Kier alpha value is -0.120. The summed E-state index contributed by atoms with van der Waals surface area (Å²) >= 11 is 0. The highest BCUT2D eigenvalue weighted by molar-refractivity contribution is 4.81. The molecule has 2 N–H and O–H groups in total. The molecule has 2 rings (SSSR count). The number of aliphatic hydroxyl groups excluding tert-OH is 1. The maximum Gasteiger partial charge on any atom is 0.0546 e. The van der Waals surface area contributed by atoms with Crippen molar-refractivity contribution >= 4 is 0 Å². The van der Waals surface area contributed by atoms with Crippen LogP contribution in [0.2, 0.25) is 0 Å². The SMILES string of the molecule is CC(CN1CCCCC1)NCC1CC(O)C1. The Kier molecular flexibility index (Phi) is 4.62. The molecule has 0 aromatic rings. The summed E-state index contributed by atoms with van der Waals surface area (Å²) < 4.78 is 0. The lowest BCUT2D eigenvalue weighted by atomic mass is 9.82. The molecule has 0 amide bonds. The third-order valence-corrected chi connectivity index (χ3v) is 3.95. The van der Waals surface area contributed by atoms with Gasteiger partial charge in [0.25, 0.3) is 0 Å². The number of hydrogen-bond donors (Lipinski definition) is 2. The van der Waals surface area contributed by atoms with E-state index in [2.05, 4.69) is 17.1 Å². The van der Waals surface area contributed by atoms with Gasteiger partial charge in [-0.25, -0.2) is 0 Å². The molecule has 1 heterocycles. The van der Waals surface area contributed by atoms with Gasteiger partial charge < -0.3 is 15.3 Å². The summed E-state index contributed by atoms with van der Waals surface area (Å²) in [5.41, 5.74) is 0. The largest absolute Gasteiger partial charge is 0.393 e. The molecule has 1 aliphatic carbocycles. The summed E-state index contributed by atoms with van der Waals surface area (Å²) in [6, 6.07) is 0.593. The predicted molar refractivity (Wildman–Crippen MR) is 66.5 cm³/mol. The summed E-state index contributed by atoms with van der Waals surface area (Å²) in [4.78, 5) is 2.58. The van der Waals surface area contributed by atoms with Crippen molar-refractivity contribution in [2.45, 2.75) is 51.2 Å². The highest BCUT2D eigenvalue weighted by atomic mass is 16.3. The average molecular weight is 226 g/mol. The molecule has 1 unspecified atom stereocenters. The van der Waals surface area contributed by atoms with Gasteiger partial charge in [-0.2, -0.15) is 0 Å². The fourth-order valence-electron chi connectivity index (χ4n) is 2.83. The molecule has 0 bridgehead atoms. The van der Waals surface area contributed by atoms with E-state index in [1.165, 1.54) is 38.9 Å². The molecule has 3 heteroatoms. The number of likely N-dealkylation sites (tertiary alicyclic amines) is 1. The molecule has 2 aliphatic rings. The van der Waals surface area contributed by atoms with E-state index in [-0.39, 0.29) is 6.10 Å². The van der Waals surface area contributed by atoms with Crippen molar-refractivity contribution in [3.8, 4) is 0 Å². The Labute approximate surface area is 99.2 Å². The average Bonchev–Trinajstić information content (AvgIpc) is 2.24. The molecule has 0 radical (unpaired) electrons. The van der Waals surface area contributed by atoms with Gasteiger partial charge in [-0.1, -0.05) is 6.42 Å². The Morgan fingerprint density at radius 1 is 1.25 bits per heavy atom. The van der Waals surface area contributed by atoms with Crippen LogP contribution in [0.15, 0.2) is 0 Å². The highest BCUT2D eigenvalue weighted by Gasteiger charge is 2.27. The van der Waals surface area contributed by atoms with Crippen molar-refractivity contribution in [2.75, 3.05) is 26.2 Å². The van der Waals surface area contributed by atoms with Crippen molar-refractivity contribution < 1.29 is 5.11 Å². The quantitative estimate of drug-likeness (QED) is 0.740. The van der Waals surface area contributed by atoms with Gasteiger partial charge >= 0.3 is 0 Å². The van der Waals surface area contributed by atoms with Gasteiger partial charge in [0.1, 0.15) is 0 Å². The van der Waals surface area contributed by atoms with E-state index in [9.17, 15) is 5.11 Å². The monoisotopic (exact) mass is 226 g/mol. The molecule has 16 heavy (non-hydrogen) atoms. The minimum absolute atomic E-state index is 0.01000. The van der Waals surface area contributed by atoms with Crippen molar-refractivity contribution in [2.24, 2.45) is 5.92 Å². The summed E-state index contributed by atoms with van der Waals surface area (Å²) in [5, 5.41) is 12.8. The van der Waals surface area contributed by atoms with Crippen molar-refractivity contribution in [1.82, 2.24) is 10.2 Å². The minimum atomic E-state index is -0.01000. The van der Waals surface area contributed by atoms with E-state index in [1.807, 2.05) is 0 Å². The van der Waals surface area contributed by atoms with Crippen LogP contribution in [-0.4, -0.2) is 48.3 Å². The van der Waals surface area contributed by atoms with Crippen molar-refractivity contribution in [1.29, 1.82) is 0 Å². The number of nitrogens with one attached hydrogen (secondary N) is 1. The van der Waals surface area contributed by atoms with Gasteiger partial charge in [0.15, 0.2) is 0 Å². The normalized spacial score (nSPS) is 33.4. The van der Waals surface area contributed by atoms with Crippen LogP contribution in [0.5, 0.6) is 0 Å². The highest BCUT2D eigenvalue weighted by Crippen LogP contribution is 2.26. The molecular weight excluding hydrogens is 200 g/mol. The van der Waals surface area contributed by atoms with Gasteiger partial charge in [0, 0.05) is 12.6 Å². The van der Waals surface area contributed by atoms with Crippen LogP contribution in [-0.2, 0) is 0 Å². The van der Waals surface area contributed by atoms with E-state index < -0.39 is 0 Å². The molecule has 94 valence electrons. The molecule has 0 aromatic carbocycles. The second kappa shape index (κ2) is 5.99. The molecular formula is C13H26N2O. The zero-order valence-corrected chi connectivity index (χ0v) is 10.5. The van der Waals surface area contributed by atoms with Crippen LogP contribution >= 0.6 is 0 Å². The first-order chi connectivity index (χ1) is 7.74. The molecule has 1 atom stereocenters. The van der Waals surface area contributed by atoms with Gasteiger partial charge in [-0.15, -0.1) is 0 Å². The molecule has 1 saturated heterocycles. The van der Waals surface area contributed by atoms with Gasteiger partial charge in [-0.3, -0.25) is 0 Å². The second-order valence-electron chi connectivity index (χ2n) is 5.66. The van der Waals surface area contributed by atoms with Gasteiger partial charge in [0.2, 0.25) is 0 Å². The lowest BCUT2D eigenvalue weighted by Crippen LogP contribution is -2.45. The summed E-state index contributed by atoms with van der Waals surface area (Å²) in [6.45, 7) is 7.13. The number of rotatable bonds is 5. The van der Waals surface area contributed by atoms with Crippen LogP contribution in [0.4, 0.5) is 0 Å². The van der Waals surface area contributed by atoms with Crippen molar-refractivity contribution in [3.05, 3.63) is 0 Å². The zero-order valence-electron chi connectivity index (χ0n) is 10.5. The number of piperidine rings is 1. The van der Waals surface area contributed by atoms with E-state index in [1.54, 1.807) is 0 Å². The maximum absolute atomic E-state index is 9.21. The lowest BCUT2D eigenvalue weighted by Gasteiger charge is -2.34. The van der Waals surface area contributed by atoms with Crippen LogP contribution in [0.3, 0.4) is 0 Å². The first kappa shape index (κ1) is 12.3. The standard InChI is InChI=1S/C13H26N2O/c1-11(10-15-5-3-2-4-6-15)14-9-12-7-13(16)8-12/h11-14,16H,2-10H2,1H3. The van der Waals surface area contributed by atoms with Gasteiger partial charge in [0.05, 0.1) is 6.10 Å². The third-order valence-electron chi connectivity index (χ3n) is 3.95. The van der Waals surface area contributed by atoms with Gasteiger partial charge in [-0.05, 0) is 58.2 Å². The molecule has 1 saturated carbocycles. The van der Waals surface area contributed by atoms with Crippen molar-refractivity contribution in [3.63, 3.8) is 0 Å². The minimum Gasteiger partial charge on any atom is -0.393 e. The number of aliphatic hydroxyl groups is 1. The molecule has 0 spiro atoms. The first-order valence-electron chi connectivity index (χ1n) is 6.88. The summed E-state index contributed by atoms with van der Waals surface area (Å²) in [7, 11) is 0. The Balaban J connectivity index is 1.55. The first-order valence-corrected chi connectivity index (χ1v) is 6.88. The number of hydrogen-bond acceptors (Lipinski definition) is 3. The van der Waals surface area contributed by atoms with E-state index >= 15 is 0 Å². The predicted octanol–water partition coefficient (Wildman–Crippen LogP) is 1.22. The van der Waals surface area contributed by atoms with Crippen LogP contribution in [0, 0.1) is 5.92 Å². The van der Waals surface area contributed by atoms with Crippen LogP contribution in [0.25, 0.3) is 0 Å². The summed E-state index contributed by atoms with van der Waals surface area (Å²) in [6.07, 6.45) is 6.16. The lowest BCUT2D eigenvalue weighted by molar-refractivity contribution is 0.0413. The van der Waals surface area contributed by atoms with E-state index in [0.717, 1.165) is 25.3 Å². The summed E-state index contributed by atoms with van der Waals surface area (Å²) in [5.74, 6) is 0.721. The Morgan fingerprint density at radius 2 is 1.94 bits per heavy atom. The Morgan fingerprint density at radius 3 is 2.56 bits per heavy atom. The Bertz CT molecular complexity index is 198. The molecule has 3 nitrogen and oxygen atoms in total. The van der Waals surface area contributed by atoms with Crippen LogP contribution < -0.4 is 5.32 Å². The van der Waals surface area contributed by atoms with E-state index in [0.29, 0.717) is 6.04 Å². The zero-order chi connectivity index (χ0) is 11.4. The second-order valence-corrected chi connectivity index (χ2v) is 5.66. The van der Waals surface area contributed by atoms with E-state index in [4.69, 9.17) is 0 Å². The van der Waals surface area contributed by atoms with Crippen LogP contribution in [0.1, 0.15) is 39.0 Å². The third kappa shape index (κ3) is 3.72.